The van der Waals surface area contributed by atoms with E-state index in [4.69, 9.17) is 4.74 Å². The molecule has 0 aliphatic carbocycles. The summed E-state index contributed by atoms with van der Waals surface area (Å²) in [5.74, 6) is 0.438. The Balaban J connectivity index is 2.10. The smallest absolute Gasteiger partial charge is 0.129 e. The summed E-state index contributed by atoms with van der Waals surface area (Å²) >= 11 is 0. The average Bonchev–Trinajstić information content (AvgIpc) is 2.39. The predicted molar refractivity (Wildman–Crippen MR) is 72.5 cm³/mol. The predicted octanol–water partition coefficient (Wildman–Crippen LogP) is 3.77. The minimum atomic E-state index is -0.501. The molecule has 2 rings (SSSR count). The van der Waals surface area contributed by atoms with Gasteiger partial charge < -0.3 is 9.84 Å². The SMILES string of the molecule is Cc1cc(C(C)O)ccc1OCc1ccccc1F. The molecule has 0 radical (unpaired) electrons. The second-order valence-corrected chi connectivity index (χ2v) is 4.58. The topological polar surface area (TPSA) is 29.5 Å². The zero-order valence-corrected chi connectivity index (χ0v) is 11.1. The van der Waals surface area contributed by atoms with Crippen molar-refractivity contribution in [3.63, 3.8) is 0 Å². The molecule has 0 spiro atoms. The van der Waals surface area contributed by atoms with Gasteiger partial charge in [0.1, 0.15) is 18.2 Å². The monoisotopic (exact) mass is 260 g/mol. The van der Waals surface area contributed by atoms with E-state index in [2.05, 4.69) is 0 Å². The molecular formula is C16H17FO2. The molecule has 0 amide bonds. The Labute approximate surface area is 112 Å². The fourth-order valence-corrected chi connectivity index (χ4v) is 1.87. The van der Waals surface area contributed by atoms with Crippen molar-refractivity contribution in [2.45, 2.75) is 26.6 Å². The van der Waals surface area contributed by atoms with E-state index >= 15 is 0 Å². The Morgan fingerprint density at radius 1 is 1.21 bits per heavy atom. The highest BCUT2D eigenvalue weighted by Gasteiger charge is 2.06. The lowest BCUT2D eigenvalue weighted by Gasteiger charge is -2.12. The Bertz CT molecular complexity index is 564. The Morgan fingerprint density at radius 3 is 2.58 bits per heavy atom. The van der Waals surface area contributed by atoms with Crippen molar-refractivity contribution in [1.82, 2.24) is 0 Å². The number of halogens is 1. The van der Waals surface area contributed by atoms with Gasteiger partial charge in [0.05, 0.1) is 6.10 Å². The highest BCUT2D eigenvalue weighted by molar-refractivity contribution is 5.37. The molecule has 2 aromatic carbocycles. The van der Waals surface area contributed by atoms with E-state index in [1.807, 2.05) is 19.1 Å². The first-order valence-electron chi connectivity index (χ1n) is 6.22. The Hall–Kier alpha value is -1.87. The lowest BCUT2D eigenvalue weighted by Crippen LogP contribution is -2.00. The van der Waals surface area contributed by atoms with Crippen LogP contribution in [0.4, 0.5) is 4.39 Å². The normalized spacial score (nSPS) is 12.2. The van der Waals surface area contributed by atoms with Crippen molar-refractivity contribution in [2.75, 3.05) is 0 Å². The number of hydrogen-bond donors (Lipinski definition) is 1. The van der Waals surface area contributed by atoms with Crippen molar-refractivity contribution in [2.24, 2.45) is 0 Å². The zero-order valence-electron chi connectivity index (χ0n) is 11.1. The number of aliphatic hydroxyl groups is 1. The molecule has 2 nitrogen and oxygen atoms in total. The molecule has 1 atom stereocenters. The third kappa shape index (κ3) is 3.32. The quantitative estimate of drug-likeness (QED) is 0.906. The van der Waals surface area contributed by atoms with Gasteiger partial charge in [0.25, 0.3) is 0 Å². The zero-order chi connectivity index (χ0) is 13.8. The maximum atomic E-state index is 13.4. The summed E-state index contributed by atoms with van der Waals surface area (Å²) in [7, 11) is 0. The summed E-state index contributed by atoms with van der Waals surface area (Å²) in [6, 6.07) is 12.1. The third-order valence-electron chi connectivity index (χ3n) is 3.02. The van der Waals surface area contributed by atoms with Crippen LogP contribution in [0.25, 0.3) is 0 Å². The van der Waals surface area contributed by atoms with Gasteiger partial charge in [-0.25, -0.2) is 4.39 Å². The van der Waals surface area contributed by atoms with Gasteiger partial charge >= 0.3 is 0 Å². The second-order valence-electron chi connectivity index (χ2n) is 4.58. The van der Waals surface area contributed by atoms with Crippen LogP contribution in [0.15, 0.2) is 42.5 Å². The van der Waals surface area contributed by atoms with Crippen LogP contribution < -0.4 is 4.74 Å². The van der Waals surface area contributed by atoms with Crippen molar-refractivity contribution in [3.05, 3.63) is 65.0 Å². The highest BCUT2D eigenvalue weighted by Crippen LogP contribution is 2.23. The number of benzene rings is 2. The maximum Gasteiger partial charge on any atom is 0.129 e. The van der Waals surface area contributed by atoms with E-state index in [0.717, 1.165) is 11.1 Å². The third-order valence-corrected chi connectivity index (χ3v) is 3.02. The second kappa shape index (κ2) is 5.85. The van der Waals surface area contributed by atoms with Gasteiger partial charge in [0.15, 0.2) is 0 Å². The van der Waals surface area contributed by atoms with Gasteiger partial charge in [-0.05, 0) is 43.2 Å². The van der Waals surface area contributed by atoms with Crippen LogP contribution in [0.2, 0.25) is 0 Å². The van der Waals surface area contributed by atoms with E-state index in [1.165, 1.54) is 6.07 Å². The van der Waals surface area contributed by atoms with Crippen molar-refractivity contribution in [3.8, 4) is 5.75 Å². The average molecular weight is 260 g/mol. The van der Waals surface area contributed by atoms with Crippen LogP contribution in [-0.4, -0.2) is 5.11 Å². The number of aryl methyl sites for hydroxylation is 1. The molecule has 0 aromatic heterocycles. The van der Waals surface area contributed by atoms with Gasteiger partial charge in [-0.3, -0.25) is 0 Å². The Morgan fingerprint density at radius 2 is 1.95 bits per heavy atom. The summed E-state index contributed by atoms with van der Waals surface area (Å²) in [4.78, 5) is 0. The molecule has 0 bridgehead atoms. The molecule has 0 saturated heterocycles. The lowest BCUT2D eigenvalue weighted by atomic mass is 10.1. The largest absolute Gasteiger partial charge is 0.489 e. The van der Waals surface area contributed by atoms with Gasteiger partial charge in [-0.1, -0.05) is 24.3 Å². The molecule has 19 heavy (non-hydrogen) atoms. The summed E-state index contributed by atoms with van der Waals surface area (Å²) in [6.07, 6.45) is -0.501. The van der Waals surface area contributed by atoms with Gasteiger partial charge in [0.2, 0.25) is 0 Å². The molecule has 0 heterocycles. The molecule has 100 valence electrons. The highest BCUT2D eigenvalue weighted by atomic mass is 19.1. The number of aliphatic hydroxyl groups excluding tert-OH is 1. The van der Waals surface area contributed by atoms with E-state index in [0.29, 0.717) is 11.3 Å². The summed E-state index contributed by atoms with van der Waals surface area (Å²) in [5, 5.41) is 9.49. The fraction of sp³-hybridized carbons (Fsp3) is 0.250. The van der Waals surface area contributed by atoms with Crippen LogP contribution in [0.1, 0.15) is 29.7 Å². The van der Waals surface area contributed by atoms with Gasteiger partial charge in [-0.15, -0.1) is 0 Å². The molecule has 0 fully saturated rings. The summed E-state index contributed by atoms with van der Waals surface area (Å²) in [5.41, 5.74) is 2.30. The lowest BCUT2D eigenvalue weighted by molar-refractivity contribution is 0.199. The van der Waals surface area contributed by atoms with E-state index < -0.39 is 6.10 Å². The standard InChI is InChI=1S/C16H17FO2/c1-11-9-13(12(2)18)7-8-16(11)19-10-14-5-3-4-6-15(14)17/h3-9,12,18H,10H2,1-2H3. The van der Waals surface area contributed by atoms with E-state index in [9.17, 15) is 9.50 Å². The van der Waals surface area contributed by atoms with Crippen molar-refractivity contribution >= 4 is 0 Å². The number of rotatable bonds is 4. The first kappa shape index (κ1) is 13.6. The van der Waals surface area contributed by atoms with Crippen molar-refractivity contribution < 1.29 is 14.2 Å². The molecule has 2 aromatic rings. The molecule has 0 aliphatic heterocycles. The molecule has 1 N–H and O–H groups in total. The molecule has 0 saturated carbocycles. The van der Waals surface area contributed by atoms with Crippen LogP contribution in [0, 0.1) is 12.7 Å². The van der Waals surface area contributed by atoms with Crippen LogP contribution >= 0.6 is 0 Å². The maximum absolute atomic E-state index is 13.4. The van der Waals surface area contributed by atoms with Gasteiger partial charge in [0, 0.05) is 5.56 Å². The molecular weight excluding hydrogens is 243 g/mol. The molecule has 0 aliphatic rings. The van der Waals surface area contributed by atoms with E-state index in [-0.39, 0.29) is 12.4 Å². The van der Waals surface area contributed by atoms with E-state index in [1.54, 1.807) is 31.2 Å². The van der Waals surface area contributed by atoms with Crippen molar-refractivity contribution in [1.29, 1.82) is 0 Å². The summed E-state index contributed by atoms with van der Waals surface area (Å²) in [6.45, 7) is 3.82. The van der Waals surface area contributed by atoms with Crippen LogP contribution in [0.5, 0.6) is 5.75 Å². The minimum absolute atomic E-state index is 0.196. The first-order chi connectivity index (χ1) is 9.08. The number of hydrogen-bond acceptors (Lipinski definition) is 2. The fourth-order valence-electron chi connectivity index (χ4n) is 1.87. The van der Waals surface area contributed by atoms with Gasteiger partial charge in [-0.2, -0.15) is 0 Å². The first-order valence-corrected chi connectivity index (χ1v) is 6.22. The van der Waals surface area contributed by atoms with Crippen LogP contribution in [0.3, 0.4) is 0 Å². The molecule has 1 unspecified atom stereocenters. The number of ether oxygens (including phenoxy) is 1. The van der Waals surface area contributed by atoms with Crippen LogP contribution in [-0.2, 0) is 6.61 Å². The molecule has 3 heteroatoms. The summed E-state index contributed by atoms with van der Waals surface area (Å²) < 4.78 is 19.1. The minimum Gasteiger partial charge on any atom is -0.489 e. The Kier molecular flexibility index (Phi) is 4.17.